The molecule has 1 aromatic heterocycles. The van der Waals surface area contributed by atoms with E-state index in [1.165, 1.54) is 18.4 Å². The first-order valence-corrected chi connectivity index (χ1v) is 13.7. The summed E-state index contributed by atoms with van der Waals surface area (Å²) in [5, 5.41) is 10.5. The zero-order valence-electron chi connectivity index (χ0n) is 20.9. The Morgan fingerprint density at radius 3 is 2.75 bits per heavy atom. The molecule has 0 saturated carbocycles. The van der Waals surface area contributed by atoms with Crippen molar-refractivity contribution in [2.24, 2.45) is 0 Å². The predicted octanol–water partition coefficient (Wildman–Crippen LogP) is 2.92. The Kier molecular flexibility index (Phi) is 7.43. The standard InChI is InChI=1S/C27H34N4O4S/c1-19-5-6-20-14-25(28-24(20)13-19)23-15-22(7-8-26(23)30-9-3-4-10-30)36(34)29(2)17-27(33)31-11-12-35-21(16-31)18-32/h5-8,13-15,21,28,32H,3-4,9-12,16-18H2,1-2H3. The number of carbonyl (C=O) groups excluding carboxylic acids is 1. The maximum Gasteiger partial charge on any atom is 0.237 e. The lowest BCUT2D eigenvalue weighted by molar-refractivity contribution is -0.140. The summed E-state index contributed by atoms with van der Waals surface area (Å²) in [6, 6.07) is 14.5. The maximum atomic E-state index is 13.5. The Hall–Kier alpha value is -2.72. The average Bonchev–Trinajstić information content (AvgIpc) is 3.58. The van der Waals surface area contributed by atoms with Crippen LogP contribution in [0.4, 0.5) is 5.69 Å². The number of aromatic amines is 1. The van der Waals surface area contributed by atoms with Gasteiger partial charge in [-0.2, -0.15) is 0 Å². The molecule has 2 aliphatic rings. The minimum atomic E-state index is -1.51. The van der Waals surface area contributed by atoms with E-state index in [9.17, 15) is 14.1 Å². The van der Waals surface area contributed by atoms with Crippen LogP contribution in [0.3, 0.4) is 0 Å². The summed E-state index contributed by atoms with van der Waals surface area (Å²) in [6.45, 7) is 5.24. The Labute approximate surface area is 214 Å². The zero-order valence-corrected chi connectivity index (χ0v) is 21.7. The molecule has 8 nitrogen and oxygen atoms in total. The van der Waals surface area contributed by atoms with Crippen LogP contribution in [0.5, 0.6) is 0 Å². The minimum Gasteiger partial charge on any atom is -0.394 e. The van der Waals surface area contributed by atoms with Crippen molar-refractivity contribution in [1.82, 2.24) is 14.2 Å². The number of H-pyrrole nitrogens is 1. The summed E-state index contributed by atoms with van der Waals surface area (Å²) in [6.07, 6.45) is 1.98. The third-order valence-electron chi connectivity index (χ3n) is 7.02. The van der Waals surface area contributed by atoms with Crippen LogP contribution in [-0.2, 0) is 20.5 Å². The number of carbonyl (C=O) groups is 1. The summed E-state index contributed by atoms with van der Waals surface area (Å²) >= 11 is 0. The molecule has 0 spiro atoms. The van der Waals surface area contributed by atoms with E-state index < -0.39 is 11.0 Å². The molecule has 2 saturated heterocycles. The van der Waals surface area contributed by atoms with E-state index in [1.807, 2.05) is 12.1 Å². The predicted molar refractivity (Wildman–Crippen MR) is 142 cm³/mol. The SMILES string of the molecule is Cc1ccc2cc(-c3cc(S(=O)N(C)CC(=O)N4CCOC(CO)C4)ccc3N3CCCC3)[nH]c2c1. The number of benzene rings is 2. The van der Waals surface area contributed by atoms with Crippen LogP contribution in [-0.4, -0.2) is 88.5 Å². The number of rotatable bonds is 7. The number of amides is 1. The quantitative estimate of drug-likeness (QED) is 0.510. The topological polar surface area (TPSA) is 89.1 Å². The monoisotopic (exact) mass is 510 g/mol. The van der Waals surface area contributed by atoms with Crippen molar-refractivity contribution >= 4 is 33.5 Å². The van der Waals surface area contributed by atoms with Crippen LogP contribution in [0.25, 0.3) is 22.2 Å². The maximum absolute atomic E-state index is 13.5. The lowest BCUT2D eigenvalue weighted by atomic mass is 10.1. The molecule has 192 valence electrons. The van der Waals surface area contributed by atoms with E-state index in [0.717, 1.165) is 40.9 Å². The fourth-order valence-corrected chi connectivity index (χ4v) is 6.04. The largest absolute Gasteiger partial charge is 0.394 e. The van der Waals surface area contributed by atoms with Crippen LogP contribution in [0, 0.1) is 6.92 Å². The summed E-state index contributed by atoms with van der Waals surface area (Å²) in [5.74, 6) is -0.118. The molecule has 0 aliphatic carbocycles. The van der Waals surface area contributed by atoms with Crippen molar-refractivity contribution in [3.8, 4) is 11.3 Å². The zero-order chi connectivity index (χ0) is 25.2. The molecule has 2 aromatic carbocycles. The molecule has 2 atom stereocenters. The van der Waals surface area contributed by atoms with E-state index in [1.54, 1.807) is 16.3 Å². The summed E-state index contributed by atoms with van der Waals surface area (Å²) in [4.78, 5) is 21.1. The van der Waals surface area contributed by atoms with Crippen molar-refractivity contribution in [3.63, 3.8) is 0 Å². The molecule has 0 bridgehead atoms. The second-order valence-electron chi connectivity index (χ2n) is 9.70. The molecule has 9 heteroatoms. The van der Waals surface area contributed by atoms with Gasteiger partial charge in [0.25, 0.3) is 0 Å². The van der Waals surface area contributed by atoms with Crippen molar-refractivity contribution < 1.29 is 18.8 Å². The number of aliphatic hydroxyl groups is 1. The van der Waals surface area contributed by atoms with Crippen LogP contribution >= 0.6 is 0 Å². The van der Waals surface area contributed by atoms with Gasteiger partial charge in [0.15, 0.2) is 0 Å². The first-order chi connectivity index (χ1) is 17.4. The number of likely N-dealkylation sites (N-methyl/N-ethyl adjacent to an activating group) is 1. The number of ether oxygens (including phenoxy) is 1. The Morgan fingerprint density at radius 2 is 1.97 bits per heavy atom. The minimum absolute atomic E-state index is 0.0274. The molecule has 0 radical (unpaired) electrons. The van der Waals surface area contributed by atoms with Crippen molar-refractivity contribution in [2.45, 2.75) is 30.8 Å². The Balaban J connectivity index is 1.41. The first-order valence-electron chi connectivity index (χ1n) is 12.5. The molecule has 3 heterocycles. The fourth-order valence-electron chi connectivity index (χ4n) is 5.04. The van der Waals surface area contributed by atoms with Crippen molar-refractivity contribution in [3.05, 3.63) is 48.0 Å². The molecular formula is C27H34N4O4S. The van der Waals surface area contributed by atoms with Gasteiger partial charge in [-0.05, 0) is 55.7 Å². The molecular weight excluding hydrogens is 476 g/mol. The molecule has 2 N–H and O–H groups in total. The number of morpholine rings is 1. The van der Waals surface area contributed by atoms with E-state index in [0.29, 0.717) is 24.6 Å². The highest BCUT2D eigenvalue weighted by Crippen LogP contribution is 2.36. The number of aryl methyl sites for hydroxylation is 1. The fraction of sp³-hybridized carbons (Fsp3) is 0.444. The molecule has 1 amide bonds. The normalized spacial score (nSPS) is 19.4. The first kappa shape index (κ1) is 25.0. The molecule has 5 rings (SSSR count). The number of anilines is 1. The Morgan fingerprint density at radius 1 is 1.17 bits per heavy atom. The third kappa shape index (κ3) is 5.20. The molecule has 2 unspecified atom stereocenters. The average molecular weight is 511 g/mol. The van der Waals surface area contributed by atoms with Gasteiger partial charge in [-0.3, -0.25) is 4.79 Å². The lowest BCUT2D eigenvalue weighted by Crippen LogP contribution is -2.49. The lowest BCUT2D eigenvalue weighted by Gasteiger charge is -2.33. The molecule has 36 heavy (non-hydrogen) atoms. The number of hydrogen-bond acceptors (Lipinski definition) is 5. The van der Waals surface area contributed by atoms with Gasteiger partial charge in [0.05, 0.1) is 30.8 Å². The molecule has 2 fully saturated rings. The number of fused-ring (bicyclic) bond motifs is 1. The Bertz CT molecular complexity index is 1270. The molecule has 2 aliphatic heterocycles. The number of hydrogen-bond donors (Lipinski definition) is 2. The smallest absolute Gasteiger partial charge is 0.237 e. The van der Waals surface area contributed by atoms with Gasteiger partial charge in [0.1, 0.15) is 11.0 Å². The summed E-state index contributed by atoms with van der Waals surface area (Å²) in [5.41, 5.74) is 5.44. The van der Waals surface area contributed by atoms with Gasteiger partial charge >= 0.3 is 0 Å². The summed E-state index contributed by atoms with van der Waals surface area (Å²) in [7, 11) is 0.200. The highest BCUT2D eigenvalue weighted by Gasteiger charge is 2.26. The van der Waals surface area contributed by atoms with Crippen LogP contribution < -0.4 is 4.90 Å². The van der Waals surface area contributed by atoms with Gasteiger partial charge in [0.2, 0.25) is 5.91 Å². The van der Waals surface area contributed by atoms with Gasteiger partial charge < -0.3 is 24.6 Å². The molecule has 3 aromatic rings. The van der Waals surface area contributed by atoms with E-state index in [2.05, 4.69) is 47.1 Å². The van der Waals surface area contributed by atoms with Gasteiger partial charge in [-0.25, -0.2) is 8.51 Å². The summed E-state index contributed by atoms with van der Waals surface area (Å²) < 4.78 is 20.5. The van der Waals surface area contributed by atoms with Gasteiger partial charge in [0, 0.05) is 61.1 Å². The second-order valence-corrected chi connectivity index (χ2v) is 11.3. The van der Waals surface area contributed by atoms with E-state index >= 15 is 0 Å². The number of nitrogens with zero attached hydrogens (tertiary/aromatic N) is 3. The highest BCUT2D eigenvalue weighted by atomic mass is 32.2. The highest BCUT2D eigenvalue weighted by molar-refractivity contribution is 7.82. The van der Waals surface area contributed by atoms with Gasteiger partial charge in [-0.15, -0.1) is 0 Å². The van der Waals surface area contributed by atoms with Crippen LogP contribution in [0.1, 0.15) is 18.4 Å². The van der Waals surface area contributed by atoms with Crippen molar-refractivity contribution in [2.75, 3.05) is 57.9 Å². The van der Waals surface area contributed by atoms with Crippen LogP contribution in [0.2, 0.25) is 0 Å². The van der Waals surface area contributed by atoms with E-state index in [-0.39, 0.29) is 25.2 Å². The number of aliphatic hydroxyl groups excluding tert-OH is 1. The number of nitrogens with one attached hydrogen (secondary N) is 1. The van der Waals surface area contributed by atoms with E-state index in [4.69, 9.17) is 4.74 Å². The van der Waals surface area contributed by atoms with Crippen molar-refractivity contribution in [1.29, 1.82) is 0 Å². The second kappa shape index (κ2) is 10.7. The van der Waals surface area contributed by atoms with Crippen LogP contribution in [0.15, 0.2) is 47.4 Å². The number of aromatic nitrogens is 1. The van der Waals surface area contributed by atoms with Gasteiger partial charge in [-0.1, -0.05) is 12.1 Å². The third-order valence-corrected chi connectivity index (χ3v) is 8.37.